The highest BCUT2D eigenvalue weighted by Gasteiger charge is 2.00. The molecule has 2 nitrogen and oxygen atoms in total. The average molecular weight is 324 g/mol. The molecule has 100 valence electrons. The molecule has 0 saturated heterocycles. The summed E-state index contributed by atoms with van der Waals surface area (Å²) in [7, 11) is 0. The van der Waals surface area contributed by atoms with Gasteiger partial charge in [0, 0.05) is 11.0 Å². The van der Waals surface area contributed by atoms with Crippen molar-refractivity contribution in [3.8, 4) is 0 Å². The fraction of sp³-hybridized carbons (Fsp3) is 0.200. The highest BCUT2D eigenvalue weighted by molar-refractivity contribution is 9.10. The molecule has 2 rings (SSSR count). The number of para-hydroxylation sites is 1. The maximum atomic E-state index is 13.3. The van der Waals surface area contributed by atoms with Gasteiger partial charge in [0.2, 0.25) is 0 Å². The van der Waals surface area contributed by atoms with Gasteiger partial charge in [-0.05, 0) is 23.8 Å². The molecule has 19 heavy (non-hydrogen) atoms. The summed E-state index contributed by atoms with van der Waals surface area (Å²) in [5.41, 5.74) is 1.61. The van der Waals surface area contributed by atoms with Gasteiger partial charge in [0.15, 0.2) is 0 Å². The lowest BCUT2D eigenvalue weighted by atomic mass is 10.2. The molecule has 0 aliphatic rings. The van der Waals surface area contributed by atoms with Crippen LogP contribution in [0.3, 0.4) is 0 Å². The fourth-order valence-corrected chi connectivity index (χ4v) is 2.06. The molecule has 2 aromatic carbocycles. The number of halogens is 2. The fourth-order valence-electron chi connectivity index (χ4n) is 1.66. The van der Waals surface area contributed by atoms with Crippen molar-refractivity contribution < 1.29 is 9.13 Å². The summed E-state index contributed by atoms with van der Waals surface area (Å²) in [6, 6.07) is 14.5. The zero-order valence-electron chi connectivity index (χ0n) is 10.4. The largest absolute Gasteiger partial charge is 0.380 e. The first-order valence-corrected chi connectivity index (χ1v) is 6.86. The molecule has 0 radical (unpaired) electrons. The van der Waals surface area contributed by atoms with Crippen LogP contribution in [-0.2, 0) is 11.3 Å². The topological polar surface area (TPSA) is 21.3 Å². The van der Waals surface area contributed by atoms with Crippen molar-refractivity contribution in [1.29, 1.82) is 0 Å². The molecule has 1 N–H and O–H groups in total. The first-order valence-electron chi connectivity index (χ1n) is 6.07. The Bertz CT molecular complexity index is 486. The van der Waals surface area contributed by atoms with Gasteiger partial charge >= 0.3 is 0 Å². The third kappa shape index (κ3) is 4.33. The van der Waals surface area contributed by atoms with Crippen molar-refractivity contribution >= 4 is 21.6 Å². The molecular weight excluding hydrogens is 309 g/mol. The van der Waals surface area contributed by atoms with E-state index in [1.807, 2.05) is 24.3 Å². The van der Waals surface area contributed by atoms with E-state index in [0.29, 0.717) is 25.4 Å². The maximum Gasteiger partial charge on any atom is 0.146 e. The molecule has 0 aromatic heterocycles. The van der Waals surface area contributed by atoms with Crippen LogP contribution in [0.4, 0.5) is 10.1 Å². The van der Waals surface area contributed by atoms with Crippen LogP contribution in [0.25, 0.3) is 0 Å². The quantitative estimate of drug-likeness (QED) is 0.804. The molecule has 0 heterocycles. The smallest absolute Gasteiger partial charge is 0.146 e. The first-order chi connectivity index (χ1) is 9.27. The molecule has 0 atom stereocenters. The van der Waals surface area contributed by atoms with Gasteiger partial charge in [-0.25, -0.2) is 4.39 Å². The third-order valence-electron chi connectivity index (χ3n) is 2.65. The number of hydrogen-bond donors (Lipinski definition) is 1. The van der Waals surface area contributed by atoms with Gasteiger partial charge in [0.1, 0.15) is 5.82 Å². The molecular formula is C15H15BrFNO. The average Bonchev–Trinajstić information content (AvgIpc) is 2.42. The SMILES string of the molecule is Fc1ccccc1NCCOCc1ccccc1Br. The van der Waals surface area contributed by atoms with Gasteiger partial charge < -0.3 is 10.1 Å². The Morgan fingerprint density at radius 2 is 1.79 bits per heavy atom. The van der Waals surface area contributed by atoms with Gasteiger partial charge in [-0.2, -0.15) is 0 Å². The van der Waals surface area contributed by atoms with Crippen LogP contribution in [0.1, 0.15) is 5.56 Å². The Kier molecular flexibility index (Phi) is 5.36. The van der Waals surface area contributed by atoms with Gasteiger partial charge in [0.05, 0.1) is 18.9 Å². The van der Waals surface area contributed by atoms with E-state index < -0.39 is 0 Å². The van der Waals surface area contributed by atoms with E-state index in [1.165, 1.54) is 6.07 Å². The summed E-state index contributed by atoms with van der Waals surface area (Å²) in [6.45, 7) is 1.64. The molecule has 0 aliphatic heterocycles. The molecule has 0 spiro atoms. The first kappa shape index (κ1) is 14.0. The predicted molar refractivity (Wildman–Crippen MR) is 78.7 cm³/mol. The standard InChI is InChI=1S/C15H15BrFNO/c16-13-6-2-1-5-12(13)11-19-10-9-18-15-8-4-3-7-14(15)17/h1-8,18H,9-11H2. The number of anilines is 1. The Labute approximate surface area is 120 Å². The lowest BCUT2D eigenvalue weighted by Gasteiger charge is -2.09. The van der Waals surface area contributed by atoms with E-state index >= 15 is 0 Å². The summed E-state index contributed by atoms with van der Waals surface area (Å²) in [6.07, 6.45) is 0. The zero-order valence-corrected chi connectivity index (χ0v) is 12.0. The second-order valence-electron chi connectivity index (χ2n) is 4.05. The summed E-state index contributed by atoms with van der Waals surface area (Å²) in [5.74, 6) is -0.242. The number of nitrogens with one attached hydrogen (secondary N) is 1. The Balaban J connectivity index is 1.71. The summed E-state index contributed by atoms with van der Waals surface area (Å²) >= 11 is 3.47. The molecule has 0 saturated carbocycles. The lowest BCUT2D eigenvalue weighted by molar-refractivity contribution is 0.130. The third-order valence-corrected chi connectivity index (χ3v) is 3.42. The minimum absolute atomic E-state index is 0.242. The van der Waals surface area contributed by atoms with E-state index in [-0.39, 0.29) is 5.82 Å². The van der Waals surface area contributed by atoms with Crippen molar-refractivity contribution in [1.82, 2.24) is 0 Å². The Morgan fingerprint density at radius 1 is 1.05 bits per heavy atom. The van der Waals surface area contributed by atoms with Crippen LogP contribution in [0.2, 0.25) is 0 Å². The van der Waals surface area contributed by atoms with Crippen LogP contribution in [0.15, 0.2) is 53.0 Å². The van der Waals surface area contributed by atoms with E-state index in [9.17, 15) is 4.39 Å². The minimum atomic E-state index is -0.242. The lowest BCUT2D eigenvalue weighted by Crippen LogP contribution is -2.10. The van der Waals surface area contributed by atoms with Crippen LogP contribution < -0.4 is 5.32 Å². The Hall–Kier alpha value is -1.39. The molecule has 0 unspecified atom stereocenters. The van der Waals surface area contributed by atoms with Crippen LogP contribution in [0.5, 0.6) is 0 Å². The summed E-state index contributed by atoms with van der Waals surface area (Å²) in [5, 5.41) is 3.00. The second-order valence-corrected chi connectivity index (χ2v) is 4.90. The van der Waals surface area contributed by atoms with Gasteiger partial charge in [-0.15, -0.1) is 0 Å². The van der Waals surface area contributed by atoms with E-state index in [4.69, 9.17) is 4.74 Å². The van der Waals surface area contributed by atoms with Gasteiger partial charge in [0.25, 0.3) is 0 Å². The second kappa shape index (κ2) is 7.26. The van der Waals surface area contributed by atoms with Crippen LogP contribution in [0, 0.1) is 5.82 Å². The van der Waals surface area contributed by atoms with Crippen molar-refractivity contribution in [3.05, 3.63) is 64.4 Å². The summed E-state index contributed by atoms with van der Waals surface area (Å²) < 4.78 is 19.9. The number of benzene rings is 2. The van der Waals surface area contributed by atoms with Crippen molar-refractivity contribution in [2.75, 3.05) is 18.5 Å². The molecule has 0 aliphatic carbocycles. The zero-order chi connectivity index (χ0) is 13.5. The predicted octanol–water partition coefficient (Wildman–Crippen LogP) is 4.22. The number of hydrogen-bond acceptors (Lipinski definition) is 2. The number of rotatable bonds is 6. The van der Waals surface area contributed by atoms with Crippen LogP contribution >= 0.6 is 15.9 Å². The molecule has 0 amide bonds. The van der Waals surface area contributed by atoms with E-state index in [2.05, 4.69) is 21.2 Å². The van der Waals surface area contributed by atoms with E-state index in [0.717, 1.165) is 10.0 Å². The van der Waals surface area contributed by atoms with Crippen LogP contribution in [-0.4, -0.2) is 13.2 Å². The maximum absolute atomic E-state index is 13.3. The highest BCUT2D eigenvalue weighted by Crippen LogP contribution is 2.16. The van der Waals surface area contributed by atoms with Gasteiger partial charge in [-0.1, -0.05) is 46.3 Å². The van der Waals surface area contributed by atoms with Crippen molar-refractivity contribution in [3.63, 3.8) is 0 Å². The normalized spacial score (nSPS) is 10.4. The van der Waals surface area contributed by atoms with Gasteiger partial charge in [-0.3, -0.25) is 0 Å². The highest BCUT2D eigenvalue weighted by atomic mass is 79.9. The Morgan fingerprint density at radius 3 is 2.58 bits per heavy atom. The van der Waals surface area contributed by atoms with E-state index in [1.54, 1.807) is 18.2 Å². The molecule has 4 heteroatoms. The summed E-state index contributed by atoms with van der Waals surface area (Å²) in [4.78, 5) is 0. The number of ether oxygens (including phenoxy) is 1. The van der Waals surface area contributed by atoms with Crippen molar-refractivity contribution in [2.24, 2.45) is 0 Å². The monoisotopic (exact) mass is 323 g/mol. The molecule has 0 fully saturated rings. The molecule has 0 bridgehead atoms. The minimum Gasteiger partial charge on any atom is -0.380 e. The van der Waals surface area contributed by atoms with Crippen molar-refractivity contribution in [2.45, 2.75) is 6.61 Å². The molecule has 2 aromatic rings.